The van der Waals surface area contributed by atoms with Crippen molar-refractivity contribution in [3.05, 3.63) is 226 Å². The Morgan fingerprint density at radius 2 is 0.568 bits per heavy atom. The number of hydrogen-bond donors (Lipinski definition) is 0. The lowest BCUT2D eigenvalue weighted by Gasteiger charge is -2.44. The Morgan fingerprint density at radius 3 is 0.973 bits per heavy atom. The van der Waals surface area contributed by atoms with Crippen LogP contribution in [0.2, 0.25) is 0 Å². The normalized spacial score (nSPS) is 11.8. The Bertz CT molecular complexity index is 3630. The highest BCUT2D eigenvalue weighted by molar-refractivity contribution is 7.20. The number of hydrogen-bond acceptors (Lipinski definition) is 1. The fraction of sp³-hybridized carbons (Fsp3) is 0. The maximum Gasteiger partial charge on any atom is 0.265 e. The van der Waals surface area contributed by atoms with Crippen LogP contribution in [0, 0.1) is 116 Å². The minimum Gasteiger partial charge on any atom is -0.230 e. The minimum absolute atomic E-state index is 0.880. The average molecular weight is 1050 g/mol. The van der Waals surface area contributed by atoms with E-state index in [0.717, 1.165) is 27.4 Å². The zero-order valence-corrected chi connectivity index (χ0v) is 35.9. The third-order valence-corrected chi connectivity index (χ3v) is 12.2. The van der Waals surface area contributed by atoms with E-state index in [2.05, 4.69) is 84.9 Å². The molecule has 0 atom stereocenters. The van der Waals surface area contributed by atoms with E-state index in [1.165, 1.54) is 21.5 Å². The monoisotopic (exact) mass is 1050 g/mol. The largest absolute Gasteiger partial charge is 0.265 e. The minimum atomic E-state index is -7.22. The summed E-state index contributed by atoms with van der Waals surface area (Å²) >= 11 is 0. The molecule has 23 heteroatoms. The summed E-state index contributed by atoms with van der Waals surface area (Å²) in [6, 6.07) is 36.0. The van der Waals surface area contributed by atoms with Crippen LogP contribution in [0.4, 0.5) is 87.8 Å². The van der Waals surface area contributed by atoms with Crippen LogP contribution < -0.4 is 31.4 Å². The Labute approximate surface area is 399 Å². The van der Waals surface area contributed by atoms with Crippen molar-refractivity contribution in [3.63, 3.8) is 0 Å². The zero-order chi connectivity index (χ0) is 53.6. The molecule has 0 fully saturated rings. The fourth-order valence-electron chi connectivity index (χ4n) is 9.00. The van der Waals surface area contributed by atoms with E-state index in [0.29, 0.717) is 0 Å². The van der Waals surface area contributed by atoms with Gasteiger partial charge in [0.1, 0.15) is 52.7 Å². The number of rotatable bonds is 6. The van der Waals surface area contributed by atoms with Gasteiger partial charge in [0.25, 0.3) is 5.52 Å². The molecular weight excluding hydrogens is 1030 g/mol. The molecule has 0 saturated heterocycles. The Kier molecular flexibility index (Phi) is 12.7. The van der Waals surface area contributed by atoms with E-state index in [-0.39, 0.29) is 0 Å². The fourth-order valence-corrected chi connectivity index (χ4v) is 9.00. The summed E-state index contributed by atoms with van der Waals surface area (Å²) in [5.74, 6) is -70.5. The Morgan fingerprint density at radius 1 is 0.270 bits per heavy atom. The van der Waals surface area contributed by atoms with E-state index >= 15 is 35.1 Å². The smallest absolute Gasteiger partial charge is 0.230 e. The van der Waals surface area contributed by atoms with Gasteiger partial charge in [-0.1, -0.05) is 60.7 Å². The highest BCUT2D eigenvalue weighted by Crippen LogP contribution is 2.37. The molecule has 0 aliphatic rings. The summed E-state index contributed by atoms with van der Waals surface area (Å²) in [4.78, 5) is 6.58. The highest BCUT2D eigenvalue weighted by atomic mass is 19.2. The molecule has 0 amide bonds. The van der Waals surface area contributed by atoms with Gasteiger partial charge in [0, 0.05) is 27.6 Å². The zero-order valence-electron chi connectivity index (χ0n) is 35.9. The van der Waals surface area contributed by atoms with Gasteiger partial charge in [-0.2, -0.15) is 0 Å². The standard InChI is InChI=1S/C27H18NO.C24BF20/c1-2-10-21-18-25-23(16-20(21)9-1)17-22-11-3-5-13-24(22)27(25)29-28-15-7-12-19-8-4-6-14-26(19)28;26-5-1(6(27)14(35)21(42)13(5)34)25(2-7(28)15(36)22(43)16(37)8(2)29,3-9(30)17(38)23(44)18(39)10(3)31)4-11(32)19(40)24(45)20(41)12(4)33/h1-18H;/q+1;-1. The summed E-state index contributed by atoms with van der Waals surface area (Å²) in [7, 11) is 0. The molecule has 0 saturated carbocycles. The van der Waals surface area contributed by atoms with Crippen LogP contribution in [0.15, 0.2) is 109 Å². The van der Waals surface area contributed by atoms with Gasteiger partial charge in [0.15, 0.2) is 69.8 Å². The molecule has 2 nitrogen and oxygen atoms in total. The van der Waals surface area contributed by atoms with Crippen LogP contribution in [0.5, 0.6) is 5.75 Å². The molecule has 9 aromatic carbocycles. The second-order valence-electron chi connectivity index (χ2n) is 16.1. The van der Waals surface area contributed by atoms with Crippen LogP contribution in [-0.4, -0.2) is 6.15 Å². The molecule has 10 rings (SSSR count). The number of halogens is 20. The van der Waals surface area contributed by atoms with E-state index in [1.54, 1.807) is 0 Å². The third kappa shape index (κ3) is 7.48. The number of fused-ring (bicyclic) bond motifs is 4. The molecule has 0 N–H and O–H groups in total. The van der Waals surface area contributed by atoms with Gasteiger partial charge in [0.2, 0.25) is 11.9 Å². The first-order valence-corrected chi connectivity index (χ1v) is 20.7. The molecule has 0 radical (unpaired) electrons. The molecule has 10 aromatic rings. The number of benzene rings is 9. The van der Waals surface area contributed by atoms with Crippen molar-refractivity contribution in [1.82, 2.24) is 0 Å². The van der Waals surface area contributed by atoms with Crippen molar-refractivity contribution >= 4 is 71.2 Å². The predicted molar refractivity (Wildman–Crippen MR) is 228 cm³/mol. The molecule has 74 heavy (non-hydrogen) atoms. The van der Waals surface area contributed by atoms with Gasteiger partial charge >= 0.3 is 0 Å². The maximum absolute atomic E-state index is 15.4. The second kappa shape index (κ2) is 18.6. The van der Waals surface area contributed by atoms with Crippen LogP contribution in [0.1, 0.15) is 0 Å². The van der Waals surface area contributed by atoms with Crippen molar-refractivity contribution in [1.29, 1.82) is 0 Å². The molecule has 0 unspecified atom stereocenters. The van der Waals surface area contributed by atoms with Crippen molar-refractivity contribution in [2.24, 2.45) is 0 Å². The Hall–Kier alpha value is -8.37. The van der Waals surface area contributed by atoms with Crippen LogP contribution in [-0.2, 0) is 0 Å². The predicted octanol–water partition coefficient (Wildman–Crippen LogP) is 12.3. The summed E-state index contributed by atoms with van der Waals surface area (Å²) < 4.78 is 296. The Balaban J connectivity index is 0.000000198. The van der Waals surface area contributed by atoms with Crippen LogP contribution in [0.3, 0.4) is 0 Å². The van der Waals surface area contributed by atoms with E-state index in [9.17, 15) is 52.7 Å². The molecular formula is C51H18BF20NO. The topological polar surface area (TPSA) is 13.1 Å². The lowest BCUT2D eigenvalue weighted by molar-refractivity contribution is -0.853. The van der Waals surface area contributed by atoms with Crippen molar-refractivity contribution in [3.8, 4) is 5.75 Å². The molecule has 0 spiro atoms. The lowest BCUT2D eigenvalue weighted by atomic mass is 9.12. The summed E-state index contributed by atoms with van der Waals surface area (Å²) in [6.45, 7) is 0. The summed E-state index contributed by atoms with van der Waals surface area (Å²) in [5.41, 5.74) is -13.3. The number of para-hydroxylation sites is 1. The molecule has 376 valence electrons. The first kappa shape index (κ1) is 50.6. The SMILES string of the molecule is Fc1c(F)c(F)c([B-](c2c(F)c(F)c(F)c(F)c2F)(c2c(F)c(F)c(F)c(F)c2F)c2c(F)c(F)c(F)c(F)c2F)c(F)c1F.c1ccc2cc3c(O[n+]4cccc5ccccc54)c4ccccc4cc3cc2c1. The highest BCUT2D eigenvalue weighted by Gasteiger charge is 2.52. The first-order valence-electron chi connectivity index (χ1n) is 20.7. The first-order chi connectivity index (χ1) is 35.1. The van der Waals surface area contributed by atoms with E-state index in [4.69, 9.17) is 4.84 Å². The van der Waals surface area contributed by atoms with Crippen LogP contribution >= 0.6 is 0 Å². The summed E-state index contributed by atoms with van der Waals surface area (Å²) in [5, 5.41) is 8.16. The second-order valence-corrected chi connectivity index (χ2v) is 16.1. The number of pyridine rings is 1. The third-order valence-electron chi connectivity index (χ3n) is 12.2. The van der Waals surface area contributed by atoms with Gasteiger partial charge in [-0.15, -0.1) is 21.9 Å². The molecule has 1 heterocycles. The number of nitrogens with zero attached hydrogens (tertiary/aromatic N) is 1. The molecule has 0 aliphatic carbocycles. The quantitative estimate of drug-likeness (QED) is 0.0404. The van der Waals surface area contributed by atoms with Gasteiger partial charge in [0.05, 0.1) is 5.39 Å². The van der Waals surface area contributed by atoms with Gasteiger partial charge in [-0.05, 0) is 51.9 Å². The van der Waals surface area contributed by atoms with Gasteiger partial charge in [-0.25, -0.2) is 92.6 Å². The van der Waals surface area contributed by atoms with Gasteiger partial charge in [-0.3, -0.25) is 0 Å². The van der Waals surface area contributed by atoms with Crippen molar-refractivity contribution in [2.75, 3.05) is 0 Å². The van der Waals surface area contributed by atoms with Crippen molar-refractivity contribution < 1.29 is 97.4 Å². The van der Waals surface area contributed by atoms with E-state index < -0.39 is 144 Å². The lowest BCUT2D eigenvalue weighted by Crippen LogP contribution is -2.81. The average Bonchev–Trinajstić information content (AvgIpc) is 3.46. The van der Waals surface area contributed by atoms with Gasteiger partial charge < -0.3 is 0 Å². The van der Waals surface area contributed by atoms with E-state index in [1.807, 2.05) is 29.1 Å². The maximum atomic E-state index is 15.4. The number of aromatic nitrogens is 1. The van der Waals surface area contributed by atoms with Crippen LogP contribution in [0.25, 0.3) is 43.2 Å². The van der Waals surface area contributed by atoms with Crippen molar-refractivity contribution in [2.45, 2.75) is 0 Å². The molecule has 1 aromatic heterocycles. The summed E-state index contributed by atoms with van der Waals surface area (Å²) in [6.07, 6.45) is -5.25. The molecule has 0 bridgehead atoms. The molecule has 0 aliphatic heterocycles.